The maximum absolute atomic E-state index is 13.1. The molecule has 4 heterocycles. The number of hydrogen-bond donors (Lipinski definition) is 0. The second kappa shape index (κ2) is 8.09. The van der Waals surface area contributed by atoms with Gasteiger partial charge in [0.2, 0.25) is 11.7 Å². The summed E-state index contributed by atoms with van der Waals surface area (Å²) in [6.07, 6.45) is 4.74. The van der Waals surface area contributed by atoms with Crippen molar-refractivity contribution in [3.8, 4) is 17.2 Å². The molecule has 1 saturated heterocycles. The van der Waals surface area contributed by atoms with Gasteiger partial charge >= 0.3 is 0 Å². The molecular formula is C22H25ClN6O2. The molecule has 0 radical (unpaired) electrons. The molecule has 2 aromatic heterocycles. The molecule has 9 heteroatoms. The first kappa shape index (κ1) is 20.2. The van der Waals surface area contributed by atoms with Crippen LogP contribution < -0.4 is 0 Å². The lowest BCUT2D eigenvalue weighted by molar-refractivity contribution is 0.0461. The Kier molecular flexibility index (Phi) is 5.27. The number of benzene rings is 1. The van der Waals surface area contributed by atoms with E-state index in [4.69, 9.17) is 16.1 Å². The van der Waals surface area contributed by atoms with E-state index in [2.05, 4.69) is 33.9 Å². The zero-order valence-electron chi connectivity index (χ0n) is 17.7. The van der Waals surface area contributed by atoms with Crippen LogP contribution in [-0.2, 0) is 6.54 Å². The quantitative estimate of drug-likeness (QED) is 0.550. The van der Waals surface area contributed by atoms with Crippen LogP contribution in [-0.4, -0.2) is 55.0 Å². The van der Waals surface area contributed by atoms with E-state index in [9.17, 15) is 4.79 Å². The number of imidazole rings is 1. The Bertz CT molecular complexity index is 1120. The molecule has 5 rings (SSSR count). The Morgan fingerprint density at radius 2 is 2.06 bits per heavy atom. The van der Waals surface area contributed by atoms with Gasteiger partial charge in [0.1, 0.15) is 12.0 Å². The van der Waals surface area contributed by atoms with Gasteiger partial charge in [-0.3, -0.25) is 14.3 Å². The van der Waals surface area contributed by atoms with Crippen LogP contribution in [0.2, 0.25) is 5.02 Å². The van der Waals surface area contributed by atoms with E-state index < -0.39 is 0 Å². The summed E-state index contributed by atoms with van der Waals surface area (Å²) in [5.74, 6) is 0.994. The van der Waals surface area contributed by atoms with Gasteiger partial charge in [0.05, 0.1) is 34.6 Å². The Labute approximate surface area is 185 Å². The molecule has 1 atom stereocenters. The minimum absolute atomic E-state index is 0.0462. The Morgan fingerprint density at radius 3 is 2.77 bits per heavy atom. The van der Waals surface area contributed by atoms with E-state index in [1.165, 1.54) is 0 Å². The number of halogens is 1. The topological polar surface area (TPSA) is 80.3 Å². The van der Waals surface area contributed by atoms with E-state index in [0.717, 1.165) is 43.7 Å². The highest BCUT2D eigenvalue weighted by atomic mass is 35.5. The minimum Gasteiger partial charge on any atom is -0.337 e. The fourth-order valence-corrected chi connectivity index (χ4v) is 4.78. The van der Waals surface area contributed by atoms with E-state index in [1.54, 1.807) is 12.4 Å². The molecule has 0 unspecified atom stereocenters. The van der Waals surface area contributed by atoms with Crippen LogP contribution in [0, 0.1) is 0 Å². The van der Waals surface area contributed by atoms with Crippen molar-refractivity contribution in [2.24, 2.45) is 0 Å². The number of carbonyl (C=O) groups excluding carboxylic acids is 1. The third kappa shape index (κ3) is 3.34. The zero-order chi connectivity index (χ0) is 21.5. The Morgan fingerprint density at radius 1 is 1.26 bits per heavy atom. The highest BCUT2D eigenvalue weighted by Crippen LogP contribution is 2.44. The van der Waals surface area contributed by atoms with Gasteiger partial charge in [0.15, 0.2) is 0 Å². The second-order valence-corrected chi connectivity index (χ2v) is 8.48. The highest BCUT2D eigenvalue weighted by Gasteiger charge is 2.43. The fraction of sp³-hybridized carbons (Fsp3) is 0.455. The number of nitrogens with zero attached hydrogens (tertiary/aromatic N) is 6. The van der Waals surface area contributed by atoms with Crippen LogP contribution in [0.25, 0.3) is 17.2 Å². The molecule has 2 aliphatic rings. The van der Waals surface area contributed by atoms with E-state index in [1.807, 2.05) is 21.6 Å². The smallest absolute Gasteiger partial charge is 0.258 e. The van der Waals surface area contributed by atoms with Gasteiger partial charge in [0, 0.05) is 6.54 Å². The van der Waals surface area contributed by atoms with Crippen LogP contribution in [0.4, 0.5) is 0 Å². The standard InChI is InChI=1S/C22H25ClN6O2/c1-3-9-27(10-4-2)12-17-25-21(26-31-17)19-20-16-8-11-28(16)22(30)18-14(23)6-5-7-15(18)29(20)13-24-19/h5-7,13,16H,3-4,8-12H2,1-2H3/t16-/m0/s1. The number of carbonyl (C=O) groups is 1. The Balaban J connectivity index is 1.54. The van der Waals surface area contributed by atoms with E-state index in [0.29, 0.717) is 41.1 Å². The highest BCUT2D eigenvalue weighted by molar-refractivity contribution is 6.34. The molecule has 0 spiro atoms. The molecule has 162 valence electrons. The molecule has 1 amide bonds. The summed E-state index contributed by atoms with van der Waals surface area (Å²) in [5.41, 5.74) is 2.82. The molecule has 0 N–H and O–H groups in total. The van der Waals surface area contributed by atoms with Crippen LogP contribution in [0.1, 0.15) is 61.1 Å². The third-order valence-electron chi connectivity index (χ3n) is 5.98. The zero-order valence-corrected chi connectivity index (χ0v) is 18.5. The molecule has 31 heavy (non-hydrogen) atoms. The summed E-state index contributed by atoms with van der Waals surface area (Å²) in [6.45, 7) is 7.62. The maximum atomic E-state index is 13.1. The van der Waals surface area contributed by atoms with Crippen molar-refractivity contribution in [2.45, 2.75) is 45.7 Å². The lowest BCUT2D eigenvalue weighted by atomic mass is 9.97. The van der Waals surface area contributed by atoms with Crippen molar-refractivity contribution in [2.75, 3.05) is 19.6 Å². The van der Waals surface area contributed by atoms with E-state index >= 15 is 0 Å². The van der Waals surface area contributed by atoms with Gasteiger partial charge in [0.25, 0.3) is 5.91 Å². The molecule has 0 bridgehead atoms. The van der Waals surface area contributed by atoms with Crippen LogP contribution in [0.15, 0.2) is 29.0 Å². The van der Waals surface area contributed by atoms with Gasteiger partial charge in [-0.1, -0.05) is 36.7 Å². The van der Waals surface area contributed by atoms with Crippen LogP contribution in [0.5, 0.6) is 0 Å². The van der Waals surface area contributed by atoms with Gasteiger partial charge in [-0.25, -0.2) is 4.98 Å². The largest absolute Gasteiger partial charge is 0.337 e. The number of rotatable bonds is 7. The van der Waals surface area contributed by atoms with Crippen molar-refractivity contribution in [3.05, 3.63) is 46.7 Å². The average Bonchev–Trinajstić information content (AvgIpc) is 3.33. The summed E-state index contributed by atoms with van der Waals surface area (Å²) in [5, 5.41) is 4.68. The molecule has 0 saturated carbocycles. The lowest BCUT2D eigenvalue weighted by Gasteiger charge is -2.39. The maximum Gasteiger partial charge on any atom is 0.258 e. The summed E-state index contributed by atoms with van der Waals surface area (Å²) in [7, 11) is 0. The summed E-state index contributed by atoms with van der Waals surface area (Å²) >= 11 is 6.41. The van der Waals surface area contributed by atoms with Crippen LogP contribution in [0.3, 0.4) is 0 Å². The second-order valence-electron chi connectivity index (χ2n) is 8.07. The summed E-state index contributed by atoms with van der Waals surface area (Å²) in [4.78, 5) is 26.6. The van der Waals surface area contributed by atoms with Crippen molar-refractivity contribution < 1.29 is 9.32 Å². The molecule has 2 aliphatic heterocycles. The monoisotopic (exact) mass is 440 g/mol. The van der Waals surface area contributed by atoms with Gasteiger partial charge < -0.3 is 9.42 Å². The SMILES string of the molecule is CCCN(CCC)Cc1nc(-c2ncn3c2[C@@H]2CCN2C(=O)c2c(Cl)cccc2-3)no1. The van der Waals surface area contributed by atoms with Gasteiger partial charge in [-0.2, -0.15) is 4.98 Å². The summed E-state index contributed by atoms with van der Waals surface area (Å²) in [6, 6.07) is 5.42. The first-order chi connectivity index (χ1) is 15.1. The van der Waals surface area contributed by atoms with Gasteiger partial charge in [-0.15, -0.1) is 0 Å². The van der Waals surface area contributed by atoms with Crippen molar-refractivity contribution in [1.82, 2.24) is 29.5 Å². The van der Waals surface area contributed by atoms with Crippen LogP contribution >= 0.6 is 11.6 Å². The minimum atomic E-state index is -0.0768. The molecule has 3 aromatic rings. The predicted molar refractivity (Wildman–Crippen MR) is 116 cm³/mol. The van der Waals surface area contributed by atoms with Crippen molar-refractivity contribution in [3.63, 3.8) is 0 Å². The van der Waals surface area contributed by atoms with Gasteiger partial charge in [-0.05, 0) is 44.5 Å². The first-order valence-corrected chi connectivity index (χ1v) is 11.2. The molecule has 1 aromatic carbocycles. The molecule has 0 aliphatic carbocycles. The predicted octanol–water partition coefficient (Wildman–Crippen LogP) is 4.10. The van der Waals surface area contributed by atoms with E-state index in [-0.39, 0.29) is 11.9 Å². The normalized spacial score (nSPS) is 17.2. The fourth-order valence-electron chi connectivity index (χ4n) is 4.53. The molecule has 8 nitrogen and oxygen atoms in total. The summed E-state index contributed by atoms with van der Waals surface area (Å²) < 4.78 is 7.52. The number of aromatic nitrogens is 4. The van der Waals surface area contributed by atoms with Crippen molar-refractivity contribution in [1.29, 1.82) is 0 Å². The lowest BCUT2D eigenvalue weighted by Crippen LogP contribution is -2.44. The number of amides is 1. The Hall–Kier alpha value is -2.71. The molecule has 1 fully saturated rings. The first-order valence-electron chi connectivity index (χ1n) is 10.8. The molecular weight excluding hydrogens is 416 g/mol. The third-order valence-corrected chi connectivity index (χ3v) is 6.30. The van der Waals surface area contributed by atoms with Crippen molar-refractivity contribution >= 4 is 17.5 Å². The number of fused-ring (bicyclic) bond motifs is 5. The average molecular weight is 441 g/mol. The number of hydrogen-bond acceptors (Lipinski definition) is 6.